The Balaban J connectivity index is 0.000000149. The molecule has 0 spiro atoms. The molecule has 0 fully saturated rings. The van der Waals surface area contributed by atoms with E-state index in [4.69, 9.17) is 45.6 Å². The fourth-order valence-electron chi connectivity index (χ4n) is 11.1. The number of carbonyl (C=O) groups excluding carboxylic acids is 5. The van der Waals surface area contributed by atoms with Crippen molar-refractivity contribution in [3.8, 4) is 33.8 Å². The van der Waals surface area contributed by atoms with Crippen LogP contribution in [-0.4, -0.2) is 85.1 Å². The minimum absolute atomic E-state index is 0.0946. The third kappa shape index (κ3) is 20.0. The van der Waals surface area contributed by atoms with Crippen LogP contribution in [0.15, 0.2) is 274 Å². The number of aromatic nitrogens is 9. The second-order valence-corrected chi connectivity index (χ2v) is 25.9. The Bertz CT molecular complexity index is 6000. The Morgan fingerprint density at radius 2 is 0.626 bits per heavy atom. The number of ketones is 3. The number of nitrogens with one attached hydrogen (secondary N) is 2. The predicted molar refractivity (Wildman–Crippen MR) is 415 cm³/mol. The van der Waals surface area contributed by atoms with E-state index >= 15 is 0 Å². The summed E-state index contributed by atoms with van der Waals surface area (Å²) in [7, 11) is 0. The maximum Gasteiger partial charge on any atom is 0.417 e. The molecule has 5 N–H and O–H groups in total. The number of hydrogen-bond acceptors (Lipinski definition) is 16. The first-order chi connectivity index (χ1) is 54.9. The van der Waals surface area contributed by atoms with Crippen molar-refractivity contribution in [2.24, 2.45) is 0 Å². The summed E-state index contributed by atoms with van der Waals surface area (Å²) >= 11 is 16.5. The number of halogens is 12. The van der Waals surface area contributed by atoms with Crippen molar-refractivity contribution in [2.45, 2.75) is 18.5 Å². The van der Waals surface area contributed by atoms with Crippen LogP contribution < -0.4 is 16.4 Å². The maximum atomic E-state index is 13.2. The van der Waals surface area contributed by atoms with Crippen molar-refractivity contribution in [2.75, 3.05) is 16.4 Å². The summed E-state index contributed by atoms with van der Waals surface area (Å²) in [5, 5.41) is 12.0. The SMILES string of the molecule is Nc1cccc(C(=O)c2ccc3ncc(-c4cccnc4)nc3c2)c1.O=C(Nc1cccc(C(=O)c2ccc3ncc(-c4cccnc4)nc3c2)c1)c1ccc(Cl)c(C(F)(F)F)c1.O=C(Nc1cccc(C(=O)c2ccc3ncc(-c4cccnc4)nc3c2)c1)c1ccc(Cl)c(C(F)(F)F)c1.O=C(O)c1ccc(Cl)c(C(F)(F)F)c1. The zero-order chi connectivity index (χ0) is 81.9. The number of aromatic carboxylic acids is 1. The highest BCUT2D eigenvalue weighted by molar-refractivity contribution is 6.32. The topological polar surface area (TPSA) is 289 Å². The van der Waals surface area contributed by atoms with Crippen molar-refractivity contribution in [3.05, 3.63) is 356 Å². The van der Waals surface area contributed by atoms with Crippen molar-refractivity contribution in [1.29, 1.82) is 0 Å². The Kier molecular flexibility index (Phi) is 24.2. The molecule has 0 bridgehead atoms. The number of amides is 2. The first-order valence-electron chi connectivity index (χ1n) is 33.6. The second kappa shape index (κ2) is 34.7. The highest BCUT2D eigenvalue weighted by Gasteiger charge is 2.36. The maximum absolute atomic E-state index is 13.2. The zero-order valence-electron chi connectivity index (χ0n) is 58.5. The van der Waals surface area contributed by atoms with Gasteiger partial charge >= 0.3 is 24.5 Å². The molecule has 0 aliphatic carbocycles. The Morgan fingerprint density at radius 3 is 0.939 bits per heavy atom. The van der Waals surface area contributed by atoms with Gasteiger partial charge in [0.05, 0.1) is 106 Å². The average Bonchev–Trinajstić information content (AvgIpc) is 0.816. The van der Waals surface area contributed by atoms with Gasteiger partial charge in [0, 0.05) is 115 Å². The van der Waals surface area contributed by atoms with E-state index in [1.165, 1.54) is 36.4 Å². The summed E-state index contributed by atoms with van der Waals surface area (Å²) in [6.07, 6.45) is 1.000. The van der Waals surface area contributed by atoms with Gasteiger partial charge in [-0.25, -0.2) is 19.7 Å². The van der Waals surface area contributed by atoms with Gasteiger partial charge in [-0.05, 0) is 182 Å². The van der Waals surface area contributed by atoms with Gasteiger partial charge in [0.15, 0.2) is 17.3 Å². The number of nitrogens with zero attached hydrogens (tertiary/aromatic N) is 9. The quantitative estimate of drug-likeness (QED) is 0.0447. The van der Waals surface area contributed by atoms with E-state index in [2.05, 4.69) is 55.5 Å². The van der Waals surface area contributed by atoms with Crippen LogP contribution in [-0.2, 0) is 18.5 Å². The number of carboxylic acid groups (broad SMARTS) is 1. The highest BCUT2D eigenvalue weighted by atomic mass is 35.5. The summed E-state index contributed by atoms with van der Waals surface area (Å²) in [6.45, 7) is 0. The monoisotopic (exact) mass is 1610 g/mol. The molecule has 9 aromatic carbocycles. The van der Waals surface area contributed by atoms with E-state index in [0.29, 0.717) is 90.8 Å². The molecule has 6 heterocycles. The molecule has 0 saturated heterocycles. The molecule has 0 unspecified atom stereocenters. The number of hydrogen-bond donors (Lipinski definition) is 4. The van der Waals surface area contributed by atoms with E-state index in [1.54, 1.807) is 171 Å². The third-order valence-electron chi connectivity index (χ3n) is 16.8. The first-order valence-corrected chi connectivity index (χ1v) is 34.7. The lowest BCUT2D eigenvalue weighted by atomic mass is 10.0. The smallest absolute Gasteiger partial charge is 0.417 e. The van der Waals surface area contributed by atoms with Crippen LogP contribution in [0.5, 0.6) is 0 Å². The van der Waals surface area contributed by atoms with Crippen molar-refractivity contribution < 1.29 is 73.4 Å². The zero-order valence-corrected chi connectivity index (χ0v) is 60.8. The lowest BCUT2D eigenvalue weighted by molar-refractivity contribution is -0.138. The van der Waals surface area contributed by atoms with Gasteiger partial charge in [-0.15, -0.1) is 0 Å². The van der Waals surface area contributed by atoms with E-state index in [-0.39, 0.29) is 51.0 Å². The molecular weight excluding hydrogens is 1570 g/mol. The second-order valence-electron chi connectivity index (χ2n) is 24.7. The number of carboxylic acids is 1. The lowest BCUT2D eigenvalue weighted by Gasteiger charge is -2.12. The van der Waals surface area contributed by atoms with Crippen LogP contribution in [0.2, 0.25) is 15.1 Å². The lowest BCUT2D eigenvalue weighted by Crippen LogP contribution is -2.14. The molecule has 15 rings (SSSR count). The van der Waals surface area contributed by atoms with Crippen LogP contribution in [0.3, 0.4) is 0 Å². The van der Waals surface area contributed by atoms with E-state index < -0.39 is 73.6 Å². The third-order valence-corrected chi connectivity index (χ3v) is 17.8. The van der Waals surface area contributed by atoms with Crippen LogP contribution in [0, 0.1) is 0 Å². The molecule has 15 aromatic rings. The number of pyridine rings is 3. The first kappa shape index (κ1) is 80.4. The molecule has 6 aromatic heterocycles. The number of fused-ring (bicyclic) bond motifs is 3. The number of nitrogen functional groups attached to an aromatic ring is 1. The molecule has 0 saturated carbocycles. The molecule has 31 heteroatoms. The fraction of sp³-hybridized carbons (Fsp3) is 0.0357. The molecular formula is C84H50Cl3F9N12O7. The standard InChI is InChI=1S/2C28H16ClF3N4O2.C20H14N4O.C8H4ClF3O2/c2*29-22-8-6-18(12-21(22)28(30,31)32)27(38)35-20-5-1-3-16(11-20)26(37)17-7-9-23-24(13-17)36-25(15-34-23)19-4-2-10-33-14-19;21-16-5-1-3-13(9-16)20(25)14-6-7-17-18(10-14)24-19(12-23-17)15-4-2-8-22-11-15;9-6-2-1-4(7(13)14)3-5(6)8(10,11)12/h2*1-15H,(H,35,38);1-12H,21H2;1-3H,(H,13,14). The highest BCUT2D eigenvalue weighted by Crippen LogP contribution is 2.39. The number of alkyl halides is 9. The molecule has 19 nitrogen and oxygen atoms in total. The van der Waals surface area contributed by atoms with Gasteiger partial charge in [0.25, 0.3) is 11.8 Å². The molecule has 2 amide bonds. The predicted octanol–water partition coefficient (Wildman–Crippen LogP) is 20.3. The number of benzene rings is 9. The number of nitrogens with two attached hydrogens (primary N) is 1. The van der Waals surface area contributed by atoms with Gasteiger partial charge in [-0.3, -0.25) is 53.9 Å². The summed E-state index contributed by atoms with van der Waals surface area (Å²) < 4.78 is 116. The van der Waals surface area contributed by atoms with Crippen LogP contribution >= 0.6 is 34.8 Å². The van der Waals surface area contributed by atoms with Crippen LogP contribution in [0.1, 0.15) is 95.5 Å². The number of carbonyl (C=O) groups is 6. The molecule has 572 valence electrons. The van der Waals surface area contributed by atoms with Crippen LogP contribution in [0.4, 0.5) is 56.6 Å². The largest absolute Gasteiger partial charge is 0.478 e. The Hall–Kier alpha value is -14.1. The molecule has 0 radical (unpaired) electrons. The van der Waals surface area contributed by atoms with Gasteiger partial charge in [-0.1, -0.05) is 71.2 Å². The molecule has 0 aliphatic rings. The van der Waals surface area contributed by atoms with Gasteiger partial charge < -0.3 is 21.5 Å². The number of anilines is 3. The van der Waals surface area contributed by atoms with Gasteiger partial charge in [0.2, 0.25) is 0 Å². The minimum Gasteiger partial charge on any atom is -0.478 e. The van der Waals surface area contributed by atoms with E-state index in [9.17, 15) is 68.3 Å². The minimum atomic E-state index is -4.71. The van der Waals surface area contributed by atoms with Crippen LogP contribution in [0.25, 0.3) is 66.9 Å². The molecule has 115 heavy (non-hydrogen) atoms. The van der Waals surface area contributed by atoms with Crippen molar-refractivity contribution in [1.82, 2.24) is 44.9 Å². The molecule has 0 atom stereocenters. The average molecular weight is 1620 g/mol. The van der Waals surface area contributed by atoms with Crippen molar-refractivity contribution >= 4 is 120 Å². The van der Waals surface area contributed by atoms with Gasteiger partial charge in [0.1, 0.15) is 0 Å². The summed E-state index contributed by atoms with van der Waals surface area (Å²) in [4.78, 5) is 114. The van der Waals surface area contributed by atoms with E-state index in [0.717, 1.165) is 46.5 Å². The van der Waals surface area contributed by atoms with Gasteiger partial charge in [-0.2, -0.15) is 39.5 Å². The summed E-state index contributed by atoms with van der Waals surface area (Å²) in [6, 6.07) is 53.6. The van der Waals surface area contributed by atoms with E-state index in [1.807, 2.05) is 24.3 Å². The summed E-state index contributed by atoms with van der Waals surface area (Å²) in [5.74, 6) is -3.74. The Morgan fingerprint density at radius 1 is 0.322 bits per heavy atom. The summed E-state index contributed by atoms with van der Waals surface area (Å²) in [5.41, 5.74) is 12.9. The number of rotatable bonds is 14. The molecule has 0 aliphatic heterocycles. The van der Waals surface area contributed by atoms with Crippen molar-refractivity contribution in [3.63, 3.8) is 0 Å². The Labute approximate surface area is 659 Å². The fourth-order valence-corrected chi connectivity index (χ4v) is 11.8. The normalized spacial score (nSPS) is 11.2.